The number of thiophene rings is 1. The highest BCUT2D eigenvalue weighted by molar-refractivity contribution is 7.99. The molecule has 1 amide bonds. The molecule has 0 aliphatic rings. The normalized spacial score (nSPS) is 12.3. The van der Waals surface area contributed by atoms with Crippen LogP contribution in [0.3, 0.4) is 0 Å². The molecule has 0 spiro atoms. The molecule has 148 valence electrons. The Kier molecular flexibility index (Phi) is 6.57. The predicted molar refractivity (Wildman–Crippen MR) is 119 cm³/mol. The smallest absolute Gasteiger partial charge is 0.260 e. The van der Waals surface area contributed by atoms with Gasteiger partial charge in [-0.25, -0.2) is 4.98 Å². The number of amides is 1. The van der Waals surface area contributed by atoms with E-state index in [-0.39, 0.29) is 17.2 Å². The molecule has 2 heterocycles. The highest BCUT2D eigenvalue weighted by atomic mass is 32.2. The summed E-state index contributed by atoms with van der Waals surface area (Å²) < 4.78 is 0. The number of nitrogens with zero attached hydrogens (tertiary/aromatic N) is 1. The van der Waals surface area contributed by atoms with E-state index in [1.165, 1.54) is 11.8 Å². The number of H-pyrrole nitrogens is 1. The number of carbonyl (C=O) groups excluding carboxylic acids is 1. The number of nitrogens with one attached hydrogen (secondary N) is 2. The van der Waals surface area contributed by atoms with Crippen molar-refractivity contribution in [1.82, 2.24) is 9.97 Å². The molecule has 0 fully saturated rings. The Bertz CT molecular complexity index is 1060. The van der Waals surface area contributed by atoms with Gasteiger partial charge in [0.05, 0.1) is 11.1 Å². The molecule has 2 aromatic heterocycles. The topological polar surface area (TPSA) is 74.8 Å². The largest absolute Gasteiger partial charge is 0.325 e. The first-order valence-electron chi connectivity index (χ1n) is 9.39. The number of rotatable bonds is 7. The second-order valence-corrected chi connectivity index (χ2v) is 9.22. The molecule has 0 radical (unpaired) electrons. The number of carbonyl (C=O) groups is 1. The van der Waals surface area contributed by atoms with Crippen LogP contribution < -0.4 is 10.9 Å². The highest BCUT2D eigenvalue weighted by Gasteiger charge is 2.17. The summed E-state index contributed by atoms with van der Waals surface area (Å²) in [7, 11) is 0. The summed E-state index contributed by atoms with van der Waals surface area (Å²) in [4.78, 5) is 34.3. The molecule has 1 aromatic carbocycles. The van der Waals surface area contributed by atoms with E-state index in [1.807, 2.05) is 38.1 Å². The third-order valence-corrected chi connectivity index (χ3v) is 6.76. The van der Waals surface area contributed by atoms with Gasteiger partial charge in [-0.15, -0.1) is 11.3 Å². The van der Waals surface area contributed by atoms with Crippen molar-refractivity contribution >= 4 is 44.9 Å². The Morgan fingerprint density at radius 3 is 2.79 bits per heavy atom. The molecule has 28 heavy (non-hydrogen) atoms. The standard InChI is InChI=1S/C21H25N3O2S2/c1-5-12(2)10-15-14(4)28-20-18(15)19(26)23-21(24-20)27-11-17(25)22-16-9-7-6-8-13(16)3/h6-9,12H,5,10-11H2,1-4H3,(H,22,25)(H,23,24,26). The maximum Gasteiger partial charge on any atom is 0.260 e. The minimum absolute atomic E-state index is 0.116. The summed E-state index contributed by atoms with van der Waals surface area (Å²) in [6.07, 6.45) is 1.96. The maximum absolute atomic E-state index is 12.7. The maximum atomic E-state index is 12.7. The zero-order valence-electron chi connectivity index (χ0n) is 16.6. The van der Waals surface area contributed by atoms with Crippen LogP contribution in [0.1, 0.15) is 36.3 Å². The summed E-state index contributed by atoms with van der Waals surface area (Å²) in [5.41, 5.74) is 2.80. The molecule has 0 bridgehead atoms. The van der Waals surface area contributed by atoms with Crippen LogP contribution in [-0.2, 0) is 11.2 Å². The number of benzene rings is 1. The van der Waals surface area contributed by atoms with Crippen molar-refractivity contribution in [3.8, 4) is 0 Å². The first-order chi connectivity index (χ1) is 13.4. The summed E-state index contributed by atoms with van der Waals surface area (Å²) >= 11 is 2.80. The number of aromatic amines is 1. The lowest BCUT2D eigenvalue weighted by Gasteiger charge is -2.08. The number of anilines is 1. The quantitative estimate of drug-likeness (QED) is 0.424. The van der Waals surface area contributed by atoms with Crippen molar-refractivity contribution in [2.45, 2.75) is 45.7 Å². The second-order valence-electron chi connectivity index (χ2n) is 7.06. The predicted octanol–water partition coefficient (Wildman–Crippen LogP) is 4.92. The molecular weight excluding hydrogens is 390 g/mol. The van der Waals surface area contributed by atoms with Crippen LogP contribution in [0.25, 0.3) is 10.2 Å². The van der Waals surface area contributed by atoms with Gasteiger partial charge in [-0.2, -0.15) is 0 Å². The first-order valence-corrected chi connectivity index (χ1v) is 11.2. The van der Waals surface area contributed by atoms with E-state index in [9.17, 15) is 9.59 Å². The van der Waals surface area contributed by atoms with Gasteiger partial charge < -0.3 is 10.3 Å². The summed E-state index contributed by atoms with van der Waals surface area (Å²) in [5.74, 6) is 0.587. The van der Waals surface area contributed by atoms with Gasteiger partial charge in [0, 0.05) is 10.6 Å². The van der Waals surface area contributed by atoms with Crippen molar-refractivity contribution < 1.29 is 4.79 Å². The molecule has 5 nitrogen and oxygen atoms in total. The van der Waals surface area contributed by atoms with Crippen molar-refractivity contribution in [2.75, 3.05) is 11.1 Å². The Labute approximate surface area is 173 Å². The number of aryl methyl sites for hydroxylation is 2. The molecule has 7 heteroatoms. The number of fused-ring (bicyclic) bond motifs is 1. The molecule has 0 saturated heterocycles. The van der Waals surface area contributed by atoms with Gasteiger partial charge in [0.15, 0.2) is 5.16 Å². The minimum Gasteiger partial charge on any atom is -0.325 e. The van der Waals surface area contributed by atoms with Gasteiger partial charge in [0.25, 0.3) is 5.56 Å². The zero-order chi connectivity index (χ0) is 20.3. The SMILES string of the molecule is CCC(C)Cc1c(C)sc2nc(SCC(=O)Nc3ccccc3C)[nH]c(=O)c12. The average molecular weight is 416 g/mol. The van der Waals surface area contributed by atoms with Crippen molar-refractivity contribution in [2.24, 2.45) is 5.92 Å². The molecule has 2 N–H and O–H groups in total. The Balaban J connectivity index is 1.75. The van der Waals surface area contributed by atoms with Crippen molar-refractivity contribution in [3.63, 3.8) is 0 Å². The molecule has 1 unspecified atom stereocenters. The van der Waals surface area contributed by atoms with Crippen LogP contribution in [-0.4, -0.2) is 21.6 Å². The van der Waals surface area contributed by atoms with Gasteiger partial charge in [-0.3, -0.25) is 9.59 Å². The van der Waals surface area contributed by atoms with Crippen LogP contribution in [0.4, 0.5) is 5.69 Å². The monoisotopic (exact) mass is 415 g/mol. The van der Waals surface area contributed by atoms with E-state index in [1.54, 1.807) is 11.3 Å². The Hall–Kier alpha value is -2.12. The number of para-hydroxylation sites is 1. The molecule has 0 saturated carbocycles. The number of hydrogen-bond acceptors (Lipinski definition) is 5. The van der Waals surface area contributed by atoms with Crippen molar-refractivity contribution in [1.29, 1.82) is 0 Å². The lowest BCUT2D eigenvalue weighted by Crippen LogP contribution is -2.16. The van der Waals surface area contributed by atoms with Crippen LogP contribution in [0.2, 0.25) is 0 Å². The molecule has 0 aliphatic carbocycles. The van der Waals surface area contributed by atoms with Gasteiger partial charge in [0.2, 0.25) is 5.91 Å². The van der Waals surface area contributed by atoms with E-state index >= 15 is 0 Å². The molecule has 3 aromatic rings. The van der Waals surface area contributed by atoms with E-state index in [2.05, 4.69) is 29.1 Å². The lowest BCUT2D eigenvalue weighted by molar-refractivity contribution is -0.113. The zero-order valence-corrected chi connectivity index (χ0v) is 18.2. The average Bonchev–Trinajstić information content (AvgIpc) is 2.97. The third-order valence-electron chi connectivity index (χ3n) is 4.85. The number of hydrogen-bond donors (Lipinski definition) is 2. The minimum atomic E-state index is -0.123. The van der Waals surface area contributed by atoms with Gasteiger partial charge >= 0.3 is 0 Å². The summed E-state index contributed by atoms with van der Waals surface area (Å²) in [5, 5.41) is 4.08. The Morgan fingerprint density at radius 2 is 2.07 bits per heavy atom. The summed E-state index contributed by atoms with van der Waals surface area (Å²) in [6, 6.07) is 7.64. The van der Waals surface area contributed by atoms with E-state index in [0.717, 1.165) is 39.4 Å². The molecule has 3 rings (SSSR count). The highest BCUT2D eigenvalue weighted by Crippen LogP contribution is 2.30. The second kappa shape index (κ2) is 8.92. The van der Waals surface area contributed by atoms with Crippen LogP contribution in [0.5, 0.6) is 0 Å². The van der Waals surface area contributed by atoms with Crippen LogP contribution in [0, 0.1) is 19.8 Å². The van der Waals surface area contributed by atoms with Crippen LogP contribution in [0.15, 0.2) is 34.2 Å². The van der Waals surface area contributed by atoms with E-state index in [4.69, 9.17) is 0 Å². The number of thioether (sulfide) groups is 1. The van der Waals surface area contributed by atoms with Gasteiger partial charge in [-0.1, -0.05) is 50.2 Å². The summed E-state index contributed by atoms with van der Waals surface area (Å²) in [6.45, 7) is 8.35. The van der Waals surface area contributed by atoms with E-state index in [0.29, 0.717) is 16.5 Å². The van der Waals surface area contributed by atoms with Crippen molar-refractivity contribution in [3.05, 3.63) is 50.6 Å². The fourth-order valence-electron chi connectivity index (χ4n) is 3.00. The fourth-order valence-corrected chi connectivity index (χ4v) is 4.77. The van der Waals surface area contributed by atoms with Gasteiger partial charge in [-0.05, 0) is 43.4 Å². The fraction of sp³-hybridized carbons (Fsp3) is 0.381. The van der Waals surface area contributed by atoms with Gasteiger partial charge in [0.1, 0.15) is 4.83 Å². The Morgan fingerprint density at radius 1 is 1.32 bits per heavy atom. The first kappa shape index (κ1) is 20.6. The van der Waals surface area contributed by atoms with E-state index < -0.39 is 0 Å². The molecule has 1 atom stereocenters. The molecular formula is C21H25N3O2S2. The lowest BCUT2D eigenvalue weighted by atomic mass is 9.98. The number of aromatic nitrogens is 2. The van der Waals surface area contributed by atoms with Crippen LogP contribution >= 0.6 is 23.1 Å². The molecule has 0 aliphatic heterocycles. The third kappa shape index (κ3) is 4.64.